The molecule has 1 rings (SSSR count). The van der Waals surface area contributed by atoms with Crippen LogP contribution in [0.3, 0.4) is 0 Å². The Bertz CT molecular complexity index is 440. The van der Waals surface area contributed by atoms with Crippen LogP contribution in [0.5, 0.6) is 0 Å². The van der Waals surface area contributed by atoms with Crippen molar-refractivity contribution in [3.05, 3.63) is 35.9 Å². The van der Waals surface area contributed by atoms with Crippen molar-refractivity contribution in [2.75, 3.05) is 26.7 Å². The Hall–Kier alpha value is -1.58. The highest BCUT2D eigenvalue weighted by Crippen LogP contribution is 2.24. The lowest BCUT2D eigenvalue weighted by Crippen LogP contribution is -2.33. The van der Waals surface area contributed by atoms with Gasteiger partial charge in [0.2, 0.25) is 0 Å². The van der Waals surface area contributed by atoms with Crippen LogP contribution in [-0.4, -0.2) is 37.8 Å². The maximum absolute atomic E-state index is 12.3. The Kier molecular flexibility index (Phi) is 7.20. The third-order valence-electron chi connectivity index (χ3n) is 3.09. The van der Waals surface area contributed by atoms with Crippen LogP contribution in [-0.2, 0) is 6.54 Å². The molecule has 0 aliphatic heterocycles. The third-order valence-corrected chi connectivity index (χ3v) is 3.09. The maximum Gasteiger partial charge on any atom is 0.405 e. The van der Waals surface area contributed by atoms with Gasteiger partial charge in [-0.3, -0.25) is 0 Å². The van der Waals surface area contributed by atoms with E-state index in [1.807, 2.05) is 37.4 Å². The standard InChI is InChI=1S/C15H20F3N3/c1-21(12-13-6-3-2-4-7-13)9-5-8-20-11-14(10-19)15(16,17)18/h2-4,6-7,14,20H,5,8-9,11-12H2,1H3. The number of rotatable bonds is 8. The molecule has 0 saturated carbocycles. The van der Waals surface area contributed by atoms with E-state index in [4.69, 9.17) is 5.26 Å². The number of alkyl halides is 3. The summed E-state index contributed by atoms with van der Waals surface area (Å²) in [5, 5.41) is 11.1. The van der Waals surface area contributed by atoms with Crippen molar-refractivity contribution in [1.29, 1.82) is 5.26 Å². The van der Waals surface area contributed by atoms with Gasteiger partial charge in [-0.05, 0) is 32.1 Å². The monoisotopic (exact) mass is 299 g/mol. The Balaban J connectivity index is 2.15. The van der Waals surface area contributed by atoms with Crippen LogP contribution in [0, 0.1) is 17.2 Å². The smallest absolute Gasteiger partial charge is 0.315 e. The molecule has 0 aliphatic carbocycles. The number of halogens is 3. The van der Waals surface area contributed by atoms with Gasteiger partial charge in [0.25, 0.3) is 0 Å². The predicted molar refractivity (Wildman–Crippen MR) is 75.4 cm³/mol. The zero-order valence-corrected chi connectivity index (χ0v) is 12.0. The Morgan fingerprint density at radius 1 is 1.29 bits per heavy atom. The molecule has 1 aromatic carbocycles. The predicted octanol–water partition coefficient (Wildman–Crippen LogP) is 2.80. The molecular formula is C15H20F3N3. The molecule has 1 aromatic rings. The number of nitrogens with zero attached hydrogens (tertiary/aromatic N) is 2. The van der Waals surface area contributed by atoms with E-state index in [1.165, 1.54) is 11.6 Å². The first kappa shape index (κ1) is 17.5. The third kappa shape index (κ3) is 7.11. The first-order valence-corrected chi connectivity index (χ1v) is 6.83. The number of hydrogen-bond acceptors (Lipinski definition) is 3. The van der Waals surface area contributed by atoms with Crippen LogP contribution < -0.4 is 5.32 Å². The molecule has 0 saturated heterocycles. The van der Waals surface area contributed by atoms with Gasteiger partial charge in [0.15, 0.2) is 5.92 Å². The van der Waals surface area contributed by atoms with Gasteiger partial charge >= 0.3 is 6.18 Å². The molecule has 1 N–H and O–H groups in total. The van der Waals surface area contributed by atoms with Gasteiger partial charge in [0.1, 0.15) is 0 Å². The van der Waals surface area contributed by atoms with Crippen molar-refractivity contribution in [3.8, 4) is 6.07 Å². The molecule has 0 aromatic heterocycles. The normalized spacial score (nSPS) is 13.1. The summed E-state index contributed by atoms with van der Waals surface area (Å²) in [4.78, 5) is 2.11. The van der Waals surface area contributed by atoms with E-state index in [2.05, 4.69) is 10.2 Å². The second kappa shape index (κ2) is 8.65. The van der Waals surface area contributed by atoms with Crippen molar-refractivity contribution in [3.63, 3.8) is 0 Å². The van der Waals surface area contributed by atoms with E-state index in [0.29, 0.717) is 6.54 Å². The van der Waals surface area contributed by atoms with E-state index in [-0.39, 0.29) is 6.54 Å². The van der Waals surface area contributed by atoms with E-state index in [9.17, 15) is 13.2 Å². The average Bonchev–Trinajstić information content (AvgIpc) is 2.42. The number of hydrogen-bond donors (Lipinski definition) is 1. The molecule has 6 heteroatoms. The number of benzene rings is 1. The molecule has 0 amide bonds. The summed E-state index contributed by atoms with van der Waals surface area (Å²) >= 11 is 0. The van der Waals surface area contributed by atoms with Crippen LogP contribution in [0.15, 0.2) is 30.3 Å². The van der Waals surface area contributed by atoms with Crippen LogP contribution in [0.25, 0.3) is 0 Å². The highest BCUT2D eigenvalue weighted by Gasteiger charge is 2.39. The molecule has 0 bridgehead atoms. The van der Waals surface area contributed by atoms with Gasteiger partial charge < -0.3 is 10.2 Å². The first-order chi connectivity index (χ1) is 9.93. The quantitative estimate of drug-likeness (QED) is 0.750. The fourth-order valence-electron chi connectivity index (χ4n) is 1.93. The summed E-state index contributed by atoms with van der Waals surface area (Å²) in [6.45, 7) is 1.71. The average molecular weight is 299 g/mol. The summed E-state index contributed by atoms with van der Waals surface area (Å²) in [7, 11) is 1.97. The van der Waals surface area contributed by atoms with Gasteiger partial charge in [0.05, 0.1) is 6.07 Å². The van der Waals surface area contributed by atoms with Crippen molar-refractivity contribution < 1.29 is 13.2 Å². The zero-order chi connectivity index (χ0) is 15.7. The Morgan fingerprint density at radius 3 is 2.52 bits per heavy atom. The molecule has 0 aliphatic rings. The Labute approximate surface area is 123 Å². The van der Waals surface area contributed by atoms with Crippen molar-refractivity contribution in [1.82, 2.24) is 10.2 Å². The lowest BCUT2D eigenvalue weighted by molar-refractivity contribution is -0.157. The molecule has 0 fully saturated rings. The minimum Gasteiger partial charge on any atom is -0.315 e. The van der Waals surface area contributed by atoms with Crippen molar-refractivity contribution in [2.45, 2.75) is 19.1 Å². The van der Waals surface area contributed by atoms with E-state index in [0.717, 1.165) is 19.5 Å². The number of nitriles is 1. The second-order valence-corrected chi connectivity index (χ2v) is 5.00. The molecule has 1 unspecified atom stereocenters. The van der Waals surface area contributed by atoms with Crippen LogP contribution >= 0.6 is 0 Å². The maximum atomic E-state index is 12.3. The molecule has 21 heavy (non-hydrogen) atoms. The van der Waals surface area contributed by atoms with Crippen LogP contribution in [0.1, 0.15) is 12.0 Å². The largest absolute Gasteiger partial charge is 0.405 e. The fourth-order valence-corrected chi connectivity index (χ4v) is 1.93. The Morgan fingerprint density at radius 2 is 1.95 bits per heavy atom. The van der Waals surface area contributed by atoms with Crippen LogP contribution in [0.4, 0.5) is 13.2 Å². The van der Waals surface area contributed by atoms with Crippen molar-refractivity contribution in [2.24, 2.45) is 5.92 Å². The molecule has 0 radical (unpaired) electrons. The van der Waals surface area contributed by atoms with E-state index < -0.39 is 12.1 Å². The highest BCUT2D eigenvalue weighted by molar-refractivity contribution is 5.14. The summed E-state index contributed by atoms with van der Waals surface area (Å²) in [5.41, 5.74) is 1.20. The highest BCUT2D eigenvalue weighted by atomic mass is 19.4. The zero-order valence-electron chi connectivity index (χ0n) is 12.0. The summed E-state index contributed by atoms with van der Waals surface area (Å²) < 4.78 is 37.0. The number of nitrogens with one attached hydrogen (secondary N) is 1. The van der Waals surface area contributed by atoms with E-state index in [1.54, 1.807) is 0 Å². The molecular weight excluding hydrogens is 279 g/mol. The molecule has 116 valence electrons. The van der Waals surface area contributed by atoms with Gasteiger partial charge in [-0.25, -0.2) is 0 Å². The van der Waals surface area contributed by atoms with Gasteiger partial charge in [0, 0.05) is 13.1 Å². The minimum absolute atomic E-state index is 0.345. The van der Waals surface area contributed by atoms with Gasteiger partial charge in [-0.1, -0.05) is 30.3 Å². The molecule has 3 nitrogen and oxygen atoms in total. The van der Waals surface area contributed by atoms with Gasteiger partial charge in [-0.15, -0.1) is 0 Å². The van der Waals surface area contributed by atoms with Crippen molar-refractivity contribution >= 4 is 0 Å². The van der Waals surface area contributed by atoms with E-state index >= 15 is 0 Å². The fraction of sp³-hybridized carbons (Fsp3) is 0.533. The molecule has 0 heterocycles. The van der Waals surface area contributed by atoms with Gasteiger partial charge in [-0.2, -0.15) is 18.4 Å². The SMILES string of the molecule is CN(CCCNCC(C#N)C(F)(F)F)Cc1ccccc1. The second-order valence-electron chi connectivity index (χ2n) is 5.00. The first-order valence-electron chi connectivity index (χ1n) is 6.83. The summed E-state index contributed by atoms with van der Waals surface area (Å²) in [6.07, 6.45) is -3.72. The topological polar surface area (TPSA) is 39.1 Å². The summed E-state index contributed by atoms with van der Waals surface area (Å²) in [5.74, 6) is -1.93. The lowest BCUT2D eigenvalue weighted by atomic mass is 10.1. The lowest BCUT2D eigenvalue weighted by Gasteiger charge is -2.17. The summed E-state index contributed by atoms with van der Waals surface area (Å²) in [6, 6.07) is 11.3. The minimum atomic E-state index is -4.45. The molecule has 0 spiro atoms. The molecule has 1 atom stereocenters. The van der Waals surface area contributed by atoms with Crippen LogP contribution in [0.2, 0.25) is 0 Å².